The lowest BCUT2D eigenvalue weighted by molar-refractivity contribution is 0.118. The normalized spacial score (nSPS) is 16.4. The Bertz CT molecular complexity index is 1170. The lowest BCUT2D eigenvalue weighted by atomic mass is 9.95. The van der Waals surface area contributed by atoms with E-state index in [1.807, 2.05) is 31.2 Å². The summed E-state index contributed by atoms with van der Waals surface area (Å²) in [5.41, 5.74) is 2.44. The Hall–Kier alpha value is -3.35. The average molecular weight is 449 g/mol. The van der Waals surface area contributed by atoms with Gasteiger partial charge in [-0.15, -0.1) is 0 Å². The quantitative estimate of drug-likeness (QED) is 0.560. The number of aromatic nitrogens is 2. The first kappa shape index (κ1) is 22.8. The molecular formula is C26H32N4O3. The summed E-state index contributed by atoms with van der Waals surface area (Å²) in [7, 11) is 0. The van der Waals surface area contributed by atoms with Crippen molar-refractivity contribution in [1.29, 1.82) is 0 Å². The Morgan fingerprint density at radius 2 is 1.94 bits per heavy atom. The number of phenols is 1. The minimum Gasteiger partial charge on any atom is -0.507 e. The van der Waals surface area contributed by atoms with E-state index in [0.717, 1.165) is 41.8 Å². The van der Waals surface area contributed by atoms with Crippen LogP contribution in [0.1, 0.15) is 32.8 Å². The van der Waals surface area contributed by atoms with Crippen LogP contribution in [-0.4, -0.2) is 57.4 Å². The van der Waals surface area contributed by atoms with Crippen molar-refractivity contribution in [3.63, 3.8) is 0 Å². The molecule has 7 nitrogen and oxygen atoms in total. The van der Waals surface area contributed by atoms with E-state index in [0.29, 0.717) is 24.5 Å². The number of nitrogens with zero attached hydrogens (tertiary/aromatic N) is 4. The fraction of sp³-hybridized carbons (Fsp3) is 0.423. The van der Waals surface area contributed by atoms with Crippen molar-refractivity contribution in [2.24, 2.45) is 11.3 Å². The molecule has 7 heteroatoms. The number of anilines is 1. The molecule has 1 aromatic heterocycles. The number of fused-ring (bicyclic) bond motifs is 1. The van der Waals surface area contributed by atoms with Gasteiger partial charge in [0.15, 0.2) is 5.82 Å². The molecule has 2 aromatic carbocycles. The molecule has 33 heavy (non-hydrogen) atoms. The van der Waals surface area contributed by atoms with Gasteiger partial charge in [-0.25, -0.2) is 14.8 Å². The second kappa shape index (κ2) is 8.89. The third-order valence-corrected chi connectivity index (χ3v) is 5.98. The van der Waals surface area contributed by atoms with E-state index in [1.54, 1.807) is 17.0 Å². The van der Waals surface area contributed by atoms with Crippen molar-refractivity contribution in [2.45, 2.75) is 34.1 Å². The molecule has 174 valence electrons. The Balaban J connectivity index is 1.65. The van der Waals surface area contributed by atoms with Gasteiger partial charge in [0.05, 0.1) is 11.1 Å². The molecule has 2 heterocycles. The van der Waals surface area contributed by atoms with Gasteiger partial charge in [-0.3, -0.25) is 0 Å². The monoisotopic (exact) mass is 448 g/mol. The SMILES string of the molecule is Cc1ccc2c(N3CC[C@H](CN(CC(C)(C)C)C(=O)O)C3)nc(-c3ccccc3O)nc2c1. The van der Waals surface area contributed by atoms with Crippen molar-refractivity contribution in [3.05, 3.63) is 48.0 Å². The number of para-hydroxylation sites is 1. The number of hydrogen-bond donors (Lipinski definition) is 2. The zero-order chi connectivity index (χ0) is 23.8. The zero-order valence-corrected chi connectivity index (χ0v) is 19.7. The smallest absolute Gasteiger partial charge is 0.407 e. The zero-order valence-electron chi connectivity index (χ0n) is 19.7. The first-order chi connectivity index (χ1) is 15.6. The van der Waals surface area contributed by atoms with Crippen LogP contribution in [0.3, 0.4) is 0 Å². The average Bonchev–Trinajstić information content (AvgIpc) is 3.20. The Morgan fingerprint density at radius 3 is 2.64 bits per heavy atom. The molecule has 1 fully saturated rings. The van der Waals surface area contributed by atoms with Gasteiger partial charge in [0.2, 0.25) is 0 Å². The van der Waals surface area contributed by atoms with Crippen molar-refractivity contribution in [1.82, 2.24) is 14.9 Å². The third kappa shape index (κ3) is 5.18. The Kier molecular flexibility index (Phi) is 6.15. The van der Waals surface area contributed by atoms with E-state index in [2.05, 4.69) is 31.7 Å². The first-order valence-corrected chi connectivity index (χ1v) is 11.4. The van der Waals surface area contributed by atoms with Crippen LogP contribution in [0.5, 0.6) is 5.75 Å². The summed E-state index contributed by atoms with van der Waals surface area (Å²) in [6.07, 6.45) is 0.0326. The molecule has 1 aliphatic rings. The maximum atomic E-state index is 11.8. The topological polar surface area (TPSA) is 89.8 Å². The van der Waals surface area contributed by atoms with Gasteiger partial charge < -0.3 is 20.0 Å². The number of hydrogen-bond acceptors (Lipinski definition) is 5. The molecule has 2 N–H and O–H groups in total. The molecule has 4 rings (SSSR count). The van der Waals surface area contributed by atoms with Crippen molar-refractivity contribution < 1.29 is 15.0 Å². The third-order valence-electron chi connectivity index (χ3n) is 5.98. The molecule has 0 radical (unpaired) electrons. The van der Waals surface area contributed by atoms with E-state index in [-0.39, 0.29) is 17.1 Å². The van der Waals surface area contributed by atoms with Gasteiger partial charge in [0, 0.05) is 31.6 Å². The highest BCUT2D eigenvalue weighted by molar-refractivity contribution is 5.92. The fourth-order valence-electron chi connectivity index (χ4n) is 4.52. The van der Waals surface area contributed by atoms with Gasteiger partial charge in [-0.05, 0) is 54.5 Å². The van der Waals surface area contributed by atoms with Gasteiger partial charge in [-0.2, -0.15) is 0 Å². The van der Waals surface area contributed by atoms with Gasteiger partial charge in [-0.1, -0.05) is 39.0 Å². The van der Waals surface area contributed by atoms with E-state index >= 15 is 0 Å². The highest BCUT2D eigenvalue weighted by Gasteiger charge is 2.30. The van der Waals surface area contributed by atoms with Crippen LogP contribution in [0.2, 0.25) is 0 Å². The standard InChI is InChI=1S/C26H32N4O3/c1-17-9-10-19-21(13-17)27-23(20-7-5-6-8-22(20)31)28-24(19)29-12-11-18(14-29)15-30(25(32)33)16-26(2,3)4/h5-10,13,18,31H,11-12,14-16H2,1-4H3,(H,32,33)/t18-/m0/s1. The van der Waals surface area contributed by atoms with E-state index < -0.39 is 6.09 Å². The van der Waals surface area contributed by atoms with Crippen LogP contribution in [0.4, 0.5) is 10.6 Å². The predicted octanol–water partition coefficient (Wildman–Crippen LogP) is 5.16. The van der Waals surface area contributed by atoms with E-state index in [1.165, 1.54) is 0 Å². The van der Waals surface area contributed by atoms with Crippen LogP contribution in [0.15, 0.2) is 42.5 Å². The van der Waals surface area contributed by atoms with Crippen molar-refractivity contribution in [3.8, 4) is 17.1 Å². The molecule has 0 spiro atoms. The van der Waals surface area contributed by atoms with Gasteiger partial charge in [0.1, 0.15) is 11.6 Å². The maximum Gasteiger partial charge on any atom is 0.407 e. The number of phenolic OH excluding ortho intramolecular Hbond substituents is 1. The van der Waals surface area contributed by atoms with Crippen LogP contribution in [0.25, 0.3) is 22.3 Å². The highest BCUT2D eigenvalue weighted by atomic mass is 16.4. The molecule has 0 saturated carbocycles. The second-order valence-electron chi connectivity index (χ2n) is 10.2. The summed E-state index contributed by atoms with van der Waals surface area (Å²) in [5.74, 6) is 1.70. The first-order valence-electron chi connectivity index (χ1n) is 11.4. The van der Waals surface area contributed by atoms with Crippen molar-refractivity contribution >= 4 is 22.8 Å². The van der Waals surface area contributed by atoms with Crippen LogP contribution in [-0.2, 0) is 0 Å². The lowest BCUT2D eigenvalue weighted by Gasteiger charge is -2.30. The van der Waals surface area contributed by atoms with E-state index in [4.69, 9.17) is 9.97 Å². The maximum absolute atomic E-state index is 11.8. The van der Waals surface area contributed by atoms with E-state index in [9.17, 15) is 15.0 Å². The number of amides is 1. The van der Waals surface area contributed by atoms with Gasteiger partial charge >= 0.3 is 6.09 Å². The number of carboxylic acid groups (broad SMARTS) is 1. The molecule has 0 aliphatic carbocycles. The minimum atomic E-state index is -0.867. The summed E-state index contributed by atoms with van der Waals surface area (Å²) in [5, 5.41) is 21.0. The summed E-state index contributed by atoms with van der Waals surface area (Å²) in [6, 6.07) is 13.2. The minimum absolute atomic E-state index is 0.0933. The van der Waals surface area contributed by atoms with Crippen LogP contribution in [0, 0.1) is 18.3 Å². The number of benzene rings is 2. The molecular weight excluding hydrogens is 416 g/mol. The summed E-state index contributed by atoms with van der Waals surface area (Å²) >= 11 is 0. The Labute approximate surface area is 194 Å². The highest BCUT2D eigenvalue weighted by Crippen LogP contribution is 2.34. The lowest BCUT2D eigenvalue weighted by Crippen LogP contribution is -2.40. The molecule has 1 atom stereocenters. The number of carbonyl (C=O) groups is 1. The largest absolute Gasteiger partial charge is 0.507 e. The second-order valence-corrected chi connectivity index (χ2v) is 10.2. The number of rotatable bonds is 5. The summed E-state index contributed by atoms with van der Waals surface area (Å²) in [4.78, 5) is 25.2. The molecule has 1 saturated heterocycles. The number of aromatic hydroxyl groups is 1. The van der Waals surface area contributed by atoms with Crippen LogP contribution < -0.4 is 4.90 Å². The van der Waals surface area contributed by atoms with Gasteiger partial charge in [0.25, 0.3) is 0 Å². The summed E-state index contributed by atoms with van der Waals surface area (Å²) in [6.45, 7) is 10.7. The summed E-state index contributed by atoms with van der Waals surface area (Å²) < 4.78 is 0. The molecule has 1 amide bonds. The molecule has 0 unspecified atom stereocenters. The number of aryl methyl sites for hydroxylation is 1. The fourth-order valence-corrected chi connectivity index (χ4v) is 4.52. The molecule has 1 aliphatic heterocycles. The van der Waals surface area contributed by atoms with Crippen molar-refractivity contribution in [2.75, 3.05) is 31.1 Å². The Morgan fingerprint density at radius 1 is 1.18 bits per heavy atom. The molecule has 0 bridgehead atoms. The van der Waals surface area contributed by atoms with Crippen LogP contribution >= 0.6 is 0 Å². The predicted molar refractivity (Wildman–Crippen MR) is 131 cm³/mol. The molecule has 3 aromatic rings.